The van der Waals surface area contributed by atoms with Crippen LogP contribution in [0.3, 0.4) is 0 Å². The van der Waals surface area contributed by atoms with Crippen LogP contribution in [-0.4, -0.2) is 17.1 Å². The maximum absolute atomic E-state index is 5.27. The summed E-state index contributed by atoms with van der Waals surface area (Å²) >= 11 is 3.42. The van der Waals surface area contributed by atoms with Gasteiger partial charge in [0, 0.05) is 16.2 Å². The van der Waals surface area contributed by atoms with Crippen LogP contribution in [0.2, 0.25) is 0 Å². The highest BCUT2D eigenvalue weighted by Crippen LogP contribution is 2.30. The van der Waals surface area contributed by atoms with Crippen molar-refractivity contribution in [3.63, 3.8) is 0 Å². The highest BCUT2D eigenvalue weighted by molar-refractivity contribution is 9.10. The van der Waals surface area contributed by atoms with Crippen molar-refractivity contribution in [2.24, 2.45) is 0 Å². The van der Waals surface area contributed by atoms with E-state index in [1.165, 1.54) is 6.33 Å². The van der Waals surface area contributed by atoms with E-state index < -0.39 is 0 Å². The third-order valence-electron chi connectivity index (χ3n) is 2.02. The van der Waals surface area contributed by atoms with Gasteiger partial charge in [-0.15, -0.1) is 0 Å². The van der Waals surface area contributed by atoms with Crippen molar-refractivity contribution in [1.82, 2.24) is 9.97 Å². The summed E-state index contributed by atoms with van der Waals surface area (Å²) in [6.07, 6.45) is 3.23. The molecule has 0 unspecified atom stereocenters. The Balaban J connectivity index is 2.56. The van der Waals surface area contributed by atoms with Crippen molar-refractivity contribution in [2.45, 2.75) is 0 Å². The van der Waals surface area contributed by atoms with E-state index in [4.69, 9.17) is 4.74 Å². The summed E-state index contributed by atoms with van der Waals surface area (Å²) in [6, 6.07) is 7.66. The summed E-state index contributed by atoms with van der Waals surface area (Å²) in [4.78, 5) is 8.07. The molecule has 0 bridgehead atoms. The van der Waals surface area contributed by atoms with Crippen LogP contribution < -0.4 is 4.74 Å². The van der Waals surface area contributed by atoms with Crippen molar-refractivity contribution < 1.29 is 4.74 Å². The minimum atomic E-state index is 0.803. The average Bonchev–Trinajstić information content (AvgIpc) is 2.30. The Morgan fingerprint density at radius 1 is 1.27 bits per heavy atom. The van der Waals surface area contributed by atoms with Gasteiger partial charge in [0.1, 0.15) is 12.1 Å². The van der Waals surface area contributed by atoms with E-state index in [0.717, 1.165) is 21.5 Å². The Hall–Kier alpha value is -1.42. The van der Waals surface area contributed by atoms with Gasteiger partial charge < -0.3 is 4.74 Å². The van der Waals surface area contributed by atoms with Gasteiger partial charge in [0.25, 0.3) is 0 Å². The molecule has 0 amide bonds. The number of benzene rings is 1. The maximum Gasteiger partial charge on any atom is 0.128 e. The van der Waals surface area contributed by atoms with E-state index in [9.17, 15) is 0 Å². The van der Waals surface area contributed by atoms with Crippen LogP contribution in [0.1, 0.15) is 0 Å². The molecule has 0 aliphatic carbocycles. The summed E-state index contributed by atoms with van der Waals surface area (Å²) in [6.45, 7) is 0. The van der Waals surface area contributed by atoms with Crippen LogP contribution in [0.5, 0.6) is 5.75 Å². The van der Waals surface area contributed by atoms with Gasteiger partial charge in [-0.3, -0.25) is 0 Å². The Morgan fingerprint density at radius 3 is 2.80 bits per heavy atom. The lowest BCUT2D eigenvalue weighted by Gasteiger charge is -2.07. The molecule has 2 aromatic rings. The minimum Gasteiger partial charge on any atom is -0.496 e. The summed E-state index contributed by atoms with van der Waals surface area (Å²) in [5.74, 6) is 0.803. The van der Waals surface area contributed by atoms with Gasteiger partial charge in [0.15, 0.2) is 0 Å². The Morgan fingerprint density at radius 2 is 2.13 bits per heavy atom. The van der Waals surface area contributed by atoms with Crippen LogP contribution in [0.15, 0.2) is 41.3 Å². The van der Waals surface area contributed by atoms with Crippen molar-refractivity contribution >= 4 is 15.9 Å². The molecule has 4 heteroatoms. The molecule has 1 aromatic carbocycles. The predicted octanol–water partition coefficient (Wildman–Crippen LogP) is 2.91. The average molecular weight is 265 g/mol. The van der Waals surface area contributed by atoms with E-state index >= 15 is 0 Å². The number of halogens is 1. The van der Waals surface area contributed by atoms with E-state index in [1.54, 1.807) is 13.3 Å². The molecule has 0 fully saturated rings. The first-order valence-corrected chi connectivity index (χ1v) is 5.20. The number of nitrogens with zero attached hydrogens (tertiary/aromatic N) is 2. The smallest absolute Gasteiger partial charge is 0.128 e. The second-order valence-corrected chi connectivity index (χ2v) is 3.85. The summed E-state index contributed by atoms with van der Waals surface area (Å²) in [5.41, 5.74) is 1.80. The fourth-order valence-electron chi connectivity index (χ4n) is 1.33. The van der Waals surface area contributed by atoms with Gasteiger partial charge in [-0.2, -0.15) is 0 Å². The van der Waals surface area contributed by atoms with Crippen LogP contribution in [0, 0.1) is 0 Å². The molecule has 1 heterocycles. The number of hydrogen-bond acceptors (Lipinski definition) is 3. The molecule has 0 saturated heterocycles. The number of rotatable bonds is 2. The number of methoxy groups -OCH3 is 1. The summed E-state index contributed by atoms with van der Waals surface area (Å²) < 4.78 is 6.27. The summed E-state index contributed by atoms with van der Waals surface area (Å²) in [7, 11) is 1.65. The Bertz CT molecular complexity index is 459. The molecule has 76 valence electrons. The van der Waals surface area contributed by atoms with Crippen molar-refractivity contribution in [3.05, 3.63) is 41.3 Å². The molecule has 0 aliphatic heterocycles. The highest BCUT2D eigenvalue weighted by Gasteiger charge is 2.06. The first-order chi connectivity index (χ1) is 7.31. The van der Waals surface area contributed by atoms with Crippen LogP contribution in [0.25, 0.3) is 11.3 Å². The van der Waals surface area contributed by atoms with Crippen LogP contribution >= 0.6 is 15.9 Å². The monoisotopic (exact) mass is 264 g/mol. The molecule has 3 nitrogen and oxygen atoms in total. The fraction of sp³-hybridized carbons (Fsp3) is 0.0909. The lowest BCUT2D eigenvalue weighted by Crippen LogP contribution is -1.90. The zero-order chi connectivity index (χ0) is 10.7. The van der Waals surface area contributed by atoms with Gasteiger partial charge in [0.05, 0.1) is 12.8 Å². The molecule has 0 aliphatic rings. The van der Waals surface area contributed by atoms with Crippen molar-refractivity contribution in [3.8, 4) is 17.0 Å². The third kappa shape index (κ3) is 2.15. The Labute approximate surface area is 96.3 Å². The minimum absolute atomic E-state index is 0.803. The van der Waals surface area contributed by atoms with Gasteiger partial charge in [0.2, 0.25) is 0 Å². The molecule has 15 heavy (non-hydrogen) atoms. The molecular formula is C11H9BrN2O. The van der Waals surface area contributed by atoms with E-state index in [-0.39, 0.29) is 0 Å². The molecular weight excluding hydrogens is 256 g/mol. The molecule has 0 N–H and O–H groups in total. The highest BCUT2D eigenvalue weighted by atomic mass is 79.9. The largest absolute Gasteiger partial charge is 0.496 e. The van der Waals surface area contributed by atoms with Gasteiger partial charge in [-0.1, -0.05) is 15.9 Å². The molecule has 0 radical (unpaired) electrons. The number of hydrogen-bond donors (Lipinski definition) is 0. The van der Waals surface area contributed by atoms with Gasteiger partial charge in [-0.05, 0) is 24.3 Å². The SMILES string of the molecule is COc1ccc(Br)cc1-c1ccncn1. The fourth-order valence-corrected chi connectivity index (χ4v) is 1.69. The van der Waals surface area contributed by atoms with Crippen LogP contribution in [-0.2, 0) is 0 Å². The maximum atomic E-state index is 5.27. The molecule has 2 rings (SSSR count). The summed E-state index contributed by atoms with van der Waals surface area (Å²) in [5, 5.41) is 0. The second-order valence-electron chi connectivity index (χ2n) is 2.94. The zero-order valence-electron chi connectivity index (χ0n) is 8.14. The predicted molar refractivity (Wildman–Crippen MR) is 61.7 cm³/mol. The lowest BCUT2D eigenvalue weighted by atomic mass is 10.1. The van der Waals surface area contributed by atoms with Crippen LogP contribution in [0.4, 0.5) is 0 Å². The second kappa shape index (κ2) is 4.40. The van der Waals surface area contributed by atoms with Gasteiger partial charge >= 0.3 is 0 Å². The standard InChI is InChI=1S/C11H9BrN2O/c1-15-11-3-2-8(12)6-9(11)10-4-5-13-7-14-10/h2-7H,1H3. The van der Waals surface area contributed by atoms with E-state index in [1.807, 2.05) is 24.3 Å². The van der Waals surface area contributed by atoms with Gasteiger partial charge in [-0.25, -0.2) is 9.97 Å². The zero-order valence-corrected chi connectivity index (χ0v) is 9.73. The van der Waals surface area contributed by atoms with Crippen molar-refractivity contribution in [2.75, 3.05) is 7.11 Å². The molecule has 0 atom stereocenters. The first-order valence-electron chi connectivity index (χ1n) is 4.41. The molecule has 0 spiro atoms. The lowest BCUT2D eigenvalue weighted by molar-refractivity contribution is 0.416. The normalized spacial score (nSPS) is 10.0. The number of ether oxygens (including phenoxy) is 1. The first kappa shape index (κ1) is 10.1. The Kier molecular flexibility index (Phi) is 2.97. The van der Waals surface area contributed by atoms with E-state index in [0.29, 0.717) is 0 Å². The quantitative estimate of drug-likeness (QED) is 0.837. The third-order valence-corrected chi connectivity index (χ3v) is 2.51. The number of aromatic nitrogens is 2. The molecule has 0 saturated carbocycles. The van der Waals surface area contributed by atoms with Crippen molar-refractivity contribution in [1.29, 1.82) is 0 Å². The van der Waals surface area contributed by atoms with E-state index in [2.05, 4.69) is 25.9 Å². The topological polar surface area (TPSA) is 35.0 Å². The molecule has 1 aromatic heterocycles.